The SMILES string of the molecule is CCCCCN(C)C(=O)[C@@H]1CCCN1C(=O)/C(C)=C/C(C(C)C)N(C)C(=O)C(NC(=O)C1CCCCN1C(C)C)C(C)(C)C. The number of nitrogens with one attached hydrogen (secondary N) is 1. The van der Waals surface area contributed by atoms with Crippen molar-refractivity contribution in [3.05, 3.63) is 11.6 Å². The Morgan fingerprint density at radius 1 is 0.932 bits per heavy atom. The molecule has 0 spiro atoms. The van der Waals surface area contributed by atoms with E-state index in [0.717, 1.165) is 51.5 Å². The van der Waals surface area contributed by atoms with Crippen molar-refractivity contribution in [3.8, 4) is 0 Å². The summed E-state index contributed by atoms with van der Waals surface area (Å²) in [7, 11) is 3.59. The summed E-state index contributed by atoms with van der Waals surface area (Å²) in [4.78, 5) is 62.1. The molecule has 9 heteroatoms. The lowest BCUT2D eigenvalue weighted by Gasteiger charge is -2.41. The van der Waals surface area contributed by atoms with Crippen molar-refractivity contribution < 1.29 is 19.2 Å². The lowest BCUT2D eigenvalue weighted by atomic mass is 9.84. The molecule has 0 saturated carbocycles. The summed E-state index contributed by atoms with van der Waals surface area (Å²) in [6.45, 7) is 20.3. The number of unbranched alkanes of at least 4 members (excludes halogenated alkanes) is 2. The van der Waals surface area contributed by atoms with E-state index < -0.39 is 17.5 Å². The zero-order chi connectivity index (χ0) is 33.4. The molecule has 9 nitrogen and oxygen atoms in total. The van der Waals surface area contributed by atoms with Crippen LogP contribution in [0.3, 0.4) is 0 Å². The van der Waals surface area contributed by atoms with Crippen LogP contribution in [0.2, 0.25) is 0 Å². The minimum atomic E-state index is -0.717. The Hall–Kier alpha value is -2.42. The van der Waals surface area contributed by atoms with E-state index in [0.29, 0.717) is 25.1 Å². The molecule has 2 rings (SSSR count). The molecular weight excluding hydrogens is 554 g/mol. The lowest BCUT2D eigenvalue weighted by molar-refractivity contribution is -0.142. The molecule has 0 aliphatic carbocycles. The first-order chi connectivity index (χ1) is 20.5. The van der Waals surface area contributed by atoms with E-state index in [9.17, 15) is 19.2 Å². The summed E-state index contributed by atoms with van der Waals surface area (Å²) in [6.07, 6.45) is 9.34. The second-order valence-corrected chi connectivity index (χ2v) is 14.8. The number of piperidine rings is 1. The number of likely N-dealkylation sites (N-methyl/N-ethyl adjacent to an activating group) is 2. The number of rotatable bonds is 13. The Kier molecular flexibility index (Phi) is 14.4. The van der Waals surface area contributed by atoms with Gasteiger partial charge in [-0.25, -0.2) is 0 Å². The Morgan fingerprint density at radius 2 is 1.57 bits per heavy atom. The highest BCUT2D eigenvalue weighted by Gasteiger charge is 2.40. The number of hydrogen-bond donors (Lipinski definition) is 1. The highest BCUT2D eigenvalue weighted by molar-refractivity contribution is 5.97. The summed E-state index contributed by atoms with van der Waals surface area (Å²) in [5.41, 5.74) is 0.0172. The van der Waals surface area contributed by atoms with E-state index in [4.69, 9.17) is 0 Å². The molecule has 2 saturated heterocycles. The highest BCUT2D eigenvalue weighted by atomic mass is 16.2. The van der Waals surface area contributed by atoms with Crippen molar-refractivity contribution in [1.82, 2.24) is 24.9 Å². The molecule has 2 aliphatic heterocycles. The average Bonchev–Trinajstić information content (AvgIpc) is 3.46. The van der Waals surface area contributed by atoms with Crippen molar-refractivity contribution >= 4 is 23.6 Å². The Labute approximate surface area is 268 Å². The van der Waals surface area contributed by atoms with Crippen LogP contribution in [-0.2, 0) is 19.2 Å². The number of amides is 4. The molecule has 3 unspecified atom stereocenters. The van der Waals surface area contributed by atoms with Crippen LogP contribution in [0, 0.1) is 11.3 Å². The van der Waals surface area contributed by atoms with Crippen molar-refractivity contribution in [2.45, 2.75) is 144 Å². The van der Waals surface area contributed by atoms with Gasteiger partial charge < -0.3 is 20.0 Å². The number of carbonyl (C=O) groups is 4. The molecule has 252 valence electrons. The van der Waals surface area contributed by atoms with Gasteiger partial charge in [-0.2, -0.15) is 0 Å². The lowest BCUT2D eigenvalue weighted by Crippen LogP contribution is -2.60. The molecule has 0 aromatic carbocycles. The van der Waals surface area contributed by atoms with Gasteiger partial charge in [-0.3, -0.25) is 24.1 Å². The average molecular weight is 618 g/mol. The van der Waals surface area contributed by atoms with Gasteiger partial charge in [-0.15, -0.1) is 0 Å². The molecule has 1 N–H and O–H groups in total. The van der Waals surface area contributed by atoms with Crippen LogP contribution in [-0.4, -0.2) is 107 Å². The Balaban J connectivity index is 2.24. The molecule has 0 radical (unpaired) electrons. The van der Waals surface area contributed by atoms with Crippen molar-refractivity contribution in [1.29, 1.82) is 0 Å². The molecule has 4 amide bonds. The second-order valence-electron chi connectivity index (χ2n) is 14.8. The molecule has 0 aromatic rings. The third kappa shape index (κ3) is 9.79. The van der Waals surface area contributed by atoms with E-state index >= 15 is 0 Å². The maximum atomic E-state index is 14.1. The Bertz CT molecular complexity index is 1020. The number of carbonyl (C=O) groups excluding carboxylic acids is 4. The minimum absolute atomic E-state index is 0.00483. The van der Waals surface area contributed by atoms with Gasteiger partial charge in [0, 0.05) is 38.8 Å². The predicted octanol–water partition coefficient (Wildman–Crippen LogP) is 4.85. The third-order valence-corrected chi connectivity index (χ3v) is 9.42. The van der Waals surface area contributed by atoms with E-state index in [-0.39, 0.29) is 47.7 Å². The summed E-state index contributed by atoms with van der Waals surface area (Å²) >= 11 is 0. The van der Waals surface area contributed by atoms with Gasteiger partial charge in [0.2, 0.25) is 23.6 Å². The van der Waals surface area contributed by atoms with Crippen molar-refractivity contribution in [3.63, 3.8) is 0 Å². The van der Waals surface area contributed by atoms with Crippen LogP contribution in [0.15, 0.2) is 11.6 Å². The summed E-state index contributed by atoms with van der Waals surface area (Å²) < 4.78 is 0. The predicted molar refractivity (Wildman–Crippen MR) is 178 cm³/mol. The molecule has 4 atom stereocenters. The summed E-state index contributed by atoms with van der Waals surface area (Å²) in [5.74, 6) is -0.381. The van der Waals surface area contributed by atoms with Gasteiger partial charge in [0.05, 0.1) is 12.1 Å². The fourth-order valence-electron chi connectivity index (χ4n) is 6.63. The number of nitrogens with zero attached hydrogens (tertiary/aromatic N) is 4. The topological polar surface area (TPSA) is 93.3 Å². The van der Waals surface area contributed by atoms with Crippen LogP contribution < -0.4 is 5.32 Å². The first-order valence-electron chi connectivity index (χ1n) is 17.1. The molecule has 0 bridgehead atoms. The first kappa shape index (κ1) is 37.8. The number of likely N-dealkylation sites (tertiary alicyclic amines) is 2. The van der Waals surface area contributed by atoms with Gasteiger partial charge in [-0.05, 0) is 70.8 Å². The third-order valence-electron chi connectivity index (χ3n) is 9.42. The van der Waals surface area contributed by atoms with Crippen molar-refractivity contribution in [2.24, 2.45) is 11.3 Å². The van der Waals surface area contributed by atoms with E-state index in [1.54, 1.807) is 28.7 Å². The molecule has 0 aromatic heterocycles. The molecule has 44 heavy (non-hydrogen) atoms. The Morgan fingerprint density at radius 3 is 2.14 bits per heavy atom. The number of hydrogen-bond acceptors (Lipinski definition) is 5. The zero-order valence-electron chi connectivity index (χ0n) is 29.7. The van der Waals surface area contributed by atoms with E-state index in [1.165, 1.54) is 0 Å². The van der Waals surface area contributed by atoms with Crippen molar-refractivity contribution in [2.75, 3.05) is 33.7 Å². The summed E-state index contributed by atoms with van der Waals surface area (Å²) in [5, 5.41) is 3.14. The van der Waals surface area contributed by atoms with Crippen LogP contribution in [0.4, 0.5) is 0 Å². The van der Waals surface area contributed by atoms with Gasteiger partial charge in [0.1, 0.15) is 12.1 Å². The first-order valence-corrected chi connectivity index (χ1v) is 17.1. The van der Waals surface area contributed by atoms with Crippen LogP contribution in [0.25, 0.3) is 0 Å². The van der Waals surface area contributed by atoms with Gasteiger partial charge in [0.25, 0.3) is 0 Å². The molecule has 2 fully saturated rings. The fraction of sp³-hybridized carbons (Fsp3) is 0.829. The maximum absolute atomic E-state index is 14.1. The largest absolute Gasteiger partial charge is 0.344 e. The van der Waals surface area contributed by atoms with Gasteiger partial charge >= 0.3 is 0 Å². The van der Waals surface area contributed by atoms with Gasteiger partial charge in [-0.1, -0.05) is 66.9 Å². The molecular formula is C35H63N5O4. The van der Waals surface area contributed by atoms with E-state index in [2.05, 4.69) is 31.0 Å². The second kappa shape index (κ2) is 16.8. The maximum Gasteiger partial charge on any atom is 0.249 e. The zero-order valence-corrected chi connectivity index (χ0v) is 29.7. The highest BCUT2D eigenvalue weighted by Crippen LogP contribution is 2.27. The smallest absolute Gasteiger partial charge is 0.249 e. The normalized spacial score (nSPS) is 21.4. The van der Waals surface area contributed by atoms with Crippen LogP contribution in [0.5, 0.6) is 0 Å². The van der Waals surface area contributed by atoms with Gasteiger partial charge in [0.15, 0.2) is 0 Å². The van der Waals surface area contributed by atoms with Crippen LogP contribution >= 0.6 is 0 Å². The fourth-order valence-corrected chi connectivity index (χ4v) is 6.63. The minimum Gasteiger partial charge on any atom is -0.344 e. The monoisotopic (exact) mass is 617 g/mol. The molecule has 2 heterocycles. The molecule has 2 aliphatic rings. The quantitative estimate of drug-likeness (QED) is 0.236. The standard InChI is InChI=1S/C35H63N5O4/c1-12-13-15-20-37(10)33(43)28-19-17-22-40(28)32(42)26(6)23-29(24(2)3)38(11)34(44)30(35(7,8)9)36-31(41)27-18-14-16-21-39(27)25(4)5/h23-25,27-30H,12-22H2,1-11H3,(H,36,41)/b26-23+/t27?,28-,29?,30?/m0/s1. The van der Waals surface area contributed by atoms with E-state index in [1.807, 2.05) is 47.7 Å². The van der Waals surface area contributed by atoms with Crippen LogP contribution in [0.1, 0.15) is 114 Å². The summed E-state index contributed by atoms with van der Waals surface area (Å²) in [6, 6.07) is -1.51.